The number of piperidine rings is 1. The SMILES string of the molecule is Cl.[2H]C([2H])([2H])CC(=O)C(CCN1CCCCC1)(c1ccccc1)c1ccccc1. The Labute approximate surface area is 168 Å². The van der Waals surface area contributed by atoms with Gasteiger partial charge in [-0.25, -0.2) is 0 Å². The molecule has 0 unspecified atom stereocenters. The molecule has 2 aromatic rings. The molecule has 1 aliphatic heterocycles. The Bertz CT molecular complexity index is 719. The average Bonchev–Trinajstić information content (AvgIpc) is 2.70. The van der Waals surface area contributed by atoms with Crippen molar-refractivity contribution >= 4 is 18.2 Å². The summed E-state index contributed by atoms with van der Waals surface area (Å²) >= 11 is 0. The molecule has 3 rings (SSSR count). The Hall–Kier alpha value is -1.64. The van der Waals surface area contributed by atoms with Crippen LogP contribution >= 0.6 is 12.4 Å². The fraction of sp³-hybridized carbons (Fsp3) is 0.435. The third-order valence-corrected chi connectivity index (χ3v) is 5.42. The van der Waals surface area contributed by atoms with E-state index in [4.69, 9.17) is 4.11 Å². The average molecular weight is 375 g/mol. The van der Waals surface area contributed by atoms with E-state index in [1.165, 1.54) is 19.3 Å². The number of carbonyl (C=O) groups is 1. The first-order valence-corrected chi connectivity index (χ1v) is 9.28. The summed E-state index contributed by atoms with van der Waals surface area (Å²) in [6, 6.07) is 19.4. The summed E-state index contributed by atoms with van der Waals surface area (Å²) in [7, 11) is 0. The second-order valence-corrected chi connectivity index (χ2v) is 6.89. The van der Waals surface area contributed by atoms with E-state index in [0.29, 0.717) is 6.42 Å². The molecular formula is C23H30ClNO. The van der Waals surface area contributed by atoms with Crippen molar-refractivity contribution in [1.29, 1.82) is 0 Å². The minimum atomic E-state index is -2.28. The second-order valence-electron chi connectivity index (χ2n) is 6.89. The van der Waals surface area contributed by atoms with Gasteiger partial charge in [0.2, 0.25) is 0 Å². The molecule has 0 amide bonds. The summed E-state index contributed by atoms with van der Waals surface area (Å²) in [6.45, 7) is 0.605. The topological polar surface area (TPSA) is 20.3 Å². The van der Waals surface area contributed by atoms with Gasteiger partial charge < -0.3 is 4.90 Å². The molecule has 0 spiro atoms. The molecule has 0 N–H and O–H groups in total. The lowest BCUT2D eigenvalue weighted by Crippen LogP contribution is -2.41. The molecule has 26 heavy (non-hydrogen) atoms. The Morgan fingerprint density at radius 3 is 2.00 bits per heavy atom. The van der Waals surface area contributed by atoms with Gasteiger partial charge in [-0.3, -0.25) is 4.79 Å². The molecule has 0 aromatic heterocycles. The lowest BCUT2D eigenvalue weighted by molar-refractivity contribution is -0.123. The van der Waals surface area contributed by atoms with Crippen LogP contribution in [-0.2, 0) is 10.2 Å². The van der Waals surface area contributed by atoms with Crippen LogP contribution in [0.1, 0.15) is 54.2 Å². The highest BCUT2D eigenvalue weighted by Gasteiger charge is 2.40. The van der Waals surface area contributed by atoms with Crippen molar-refractivity contribution in [3.05, 3.63) is 71.8 Å². The Morgan fingerprint density at radius 1 is 0.962 bits per heavy atom. The normalized spacial score (nSPS) is 17.5. The number of hydrogen-bond donors (Lipinski definition) is 0. The van der Waals surface area contributed by atoms with E-state index in [-0.39, 0.29) is 18.2 Å². The van der Waals surface area contributed by atoms with Crippen molar-refractivity contribution < 1.29 is 8.91 Å². The second kappa shape index (κ2) is 9.89. The van der Waals surface area contributed by atoms with Gasteiger partial charge in [0.15, 0.2) is 0 Å². The molecule has 0 radical (unpaired) electrons. The lowest BCUT2D eigenvalue weighted by atomic mass is 9.68. The zero-order valence-corrected chi connectivity index (χ0v) is 16.0. The van der Waals surface area contributed by atoms with Crippen LogP contribution in [0.5, 0.6) is 0 Å². The number of nitrogens with zero attached hydrogens (tertiary/aromatic N) is 1. The van der Waals surface area contributed by atoms with Crippen LogP contribution < -0.4 is 0 Å². The predicted molar refractivity (Wildman–Crippen MR) is 111 cm³/mol. The highest BCUT2D eigenvalue weighted by Crippen LogP contribution is 2.38. The fourth-order valence-corrected chi connectivity index (χ4v) is 4.02. The van der Waals surface area contributed by atoms with Crippen molar-refractivity contribution in [3.63, 3.8) is 0 Å². The van der Waals surface area contributed by atoms with E-state index < -0.39 is 18.7 Å². The maximum Gasteiger partial charge on any atom is 0.147 e. The van der Waals surface area contributed by atoms with Crippen molar-refractivity contribution in [3.8, 4) is 0 Å². The molecule has 0 saturated carbocycles. The summed E-state index contributed by atoms with van der Waals surface area (Å²) in [5, 5.41) is 0. The number of halogens is 1. The molecule has 1 saturated heterocycles. The molecule has 1 aliphatic rings. The monoisotopic (exact) mass is 374 g/mol. The van der Waals surface area contributed by atoms with E-state index in [0.717, 1.165) is 30.8 Å². The number of hydrogen-bond acceptors (Lipinski definition) is 2. The van der Waals surface area contributed by atoms with Gasteiger partial charge in [-0.15, -0.1) is 12.4 Å². The lowest BCUT2D eigenvalue weighted by Gasteiger charge is -2.36. The van der Waals surface area contributed by atoms with Crippen molar-refractivity contribution in [1.82, 2.24) is 4.90 Å². The first-order valence-electron chi connectivity index (χ1n) is 10.8. The van der Waals surface area contributed by atoms with Gasteiger partial charge in [-0.2, -0.15) is 0 Å². The van der Waals surface area contributed by atoms with Gasteiger partial charge >= 0.3 is 0 Å². The van der Waals surface area contributed by atoms with E-state index in [2.05, 4.69) is 4.90 Å². The zero-order chi connectivity index (χ0) is 20.0. The minimum Gasteiger partial charge on any atom is -0.303 e. The molecule has 1 fully saturated rings. The maximum absolute atomic E-state index is 13.6. The van der Waals surface area contributed by atoms with E-state index in [9.17, 15) is 4.79 Å². The highest BCUT2D eigenvalue weighted by atomic mass is 35.5. The van der Waals surface area contributed by atoms with Gasteiger partial charge in [0.05, 0.1) is 5.41 Å². The standard InChI is InChI=1S/C23H29NO.ClH/c1-2-22(25)23(20-12-6-3-7-13-20,21-14-8-4-9-15-21)16-19-24-17-10-5-11-18-24;/h3-4,6-9,12-15H,2,5,10-11,16-19H2,1H3;1H/i1D3;. The molecule has 140 valence electrons. The summed E-state index contributed by atoms with van der Waals surface area (Å²) in [4.78, 5) is 16.0. The molecule has 0 aliphatic carbocycles. The van der Waals surface area contributed by atoms with Crippen LogP contribution in [0.15, 0.2) is 60.7 Å². The molecular weight excluding hydrogens is 342 g/mol. The minimum absolute atomic E-state index is 0. The van der Waals surface area contributed by atoms with Gasteiger partial charge in [-0.05, 0) is 50.0 Å². The number of carbonyl (C=O) groups excluding carboxylic acids is 1. The number of ketones is 1. The molecule has 1 heterocycles. The van der Waals surface area contributed by atoms with Gasteiger partial charge in [-0.1, -0.05) is 73.9 Å². The molecule has 2 aromatic carbocycles. The van der Waals surface area contributed by atoms with Crippen LogP contribution in [0.4, 0.5) is 0 Å². The Balaban J connectivity index is 0.00000300. The molecule has 3 heteroatoms. The summed E-state index contributed by atoms with van der Waals surface area (Å²) in [6.07, 6.45) is 3.81. The summed E-state index contributed by atoms with van der Waals surface area (Å²) in [5.41, 5.74) is 0.828. The van der Waals surface area contributed by atoms with E-state index in [1.807, 2.05) is 60.7 Å². The van der Waals surface area contributed by atoms with Crippen LogP contribution in [0, 0.1) is 0 Å². The van der Waals surface area contributed by atoms with Crippen molar-refractivity contribution in [2.75, 3.05) is 19.6 Å². The third kappa shape index (κ3) is 4.36. The molecule has 0 bridgehead atoms. The van der Waals surface area contributed by atoms with Gasteiger partial charge in [0.25, 0.3) is 0 Å². The zero-order valence-electron chi connectivity index (χ0n) is 18.2. The largest absolute Gasteiger partial charge is 0.303 e. The number of rotatable bonds is 7. The quantitative estimate of drug-likeness (QED) is 0.659. The number of benzene rings is 2. The Morgan fingerprint density at radius 2 is 1.50 bits per heavy atom. The van der Waals surface area contributed by atoms with Crippen LogP contribution in [0.2, 0.25) is 0 Å². The highest BCUT2D eigenvalue weighted by molar-refractivity contribution is 5.93. The van der Waals surface area contributed by atoms with Gasteiger partial charge in [0.1, 0.15) is 5.78 Å². The van der Waals surface area contributed by atoms with E-state index in [1.54, 1.807) is 0 Å². The predicted octanol–water partition coefficient (Wildman–Crippen LogP) is 5.25. The molecule has 0 atom stereocenters. The first kappa shape index (κ1) is 16.5. The summed E-state index contributed by atoms with van der Waals surface area (Å²) in [5.74, 6) is -0.220. The molecule has 2 nitrogen and oxygen atoms in total. The van der Waals surface area contributed by atoms with Crippen LogP contribution in [0.25, 0.3) is 0 Å². The van der Waals surface area contributed by atoms with Gasteiger partial charge in [0, 0.05) is 10.5 Å². The van der Waals surface area contributed by atoms with Crippen LogP contribution in [0.3, 0.4) is 0 Å². The fourth-order valence-electron chi connectivity index (χ4n) is 4.02. The number of likely N-dealkylation sites (tertiary alicyclic amines) is 1. The third-order valence-electron chi connectivity index (χ3n) is 5.42. The summed E-state index contributed by atoms with van der Waals surface area (Å²) < 4.78 is 23.1. The first-order chi connectivity index (χ1) is 13.4. The van der Waals surface area contributed by atoms with E-state index >= 15 is 0 Å². The van der Waals surface area contributed by atoms with Crippen molar-refractivity contribution in [2.24, 2.45) is 0 Å². The maximum atomic E-state index is 13.6. The smallest absolute Gasteiger partial charge is 0.147 e. The van der Waals surface area contributed by atoms with Crippen LogP contribution in [-0.4, -0.2) is 30.3 Å². The van der Waals surface area contributed by atoms with Crippen molar-refractivity contribution in [2.45, 2.75) is 44.4 Å². The number of Topliss-reactive ketones (excluding diaryl/α,β-unsaturated/α-hetero) is 1. The Kier molecular flexibility index (Phi) is 6.29.